The van der Waals surface area contributed by atoms with Gasteiger partial charge in [-0.2, -0.15) is 5.26 Å². The van der Waals surface area contributed by atoms with Gasteiger partial charge in [-0.15, -0.1) is 0 Å². The van der Waals surface area contributed by atoms with Gasteiger partial charge in [-0.05, 0) is 97.6 Å². The molecule has 0 atom stereocenters. The maximum absolute atomic E-state index is 13.1. The van der Waals surface area contributed by atoms with Crippen LogP contribution < -0.4 is 10.1 Å². The number of amides is 1. The summed E-state index contributed by atoms with van der Waals surface area (Å²) in [6.45, 7) is 0.229. The summed E-state index contributed by atoms with van der Waals surface area (Å²) in [5.74, 6) is -0.887. The maximum Gasteiger partial charge on any atom is 0.337 e. The Balaban J connectivity index is 1.73. The van der Waals surface area contributed by atoms with Gasteiger partial charge in [-0.3, -0.25) is 4.79 Å². The van der Waals surface area contributed by atoms with E-state index in [1.807, 2.05) is 6.07 Å². The highest BCUT2D eigenvalue weighted by Gasteiger charge is 2.13. The molecule has 0 heterocycles. The average molecular weight is 588 g/mol. The summed E-state index contributed by atoms with van der Waals surface area (Å²) < 4.78 is 24.7. The summed E-state index contributed by atoms with van der Waals surface area (Å²) in [5.41, 5.74) is 2.03. The standard InChI is InChI=1S/C25H17Br2FN2O4/c1-33-25(32)17-4-8-20(9-5-17)30-24(31)18(13-29)10-16-11-21(26)23(22(27)12-16)34-14-15-2-6-19(28)7-3-15/h2-12H,14H2,1H3,(H,30,31)/b18-10+. The lowest BCUT2D eigenvalue weighted by atomic mass is 10.1. The van der Waals surface area contributed by atoms with Crippen LogP contribution in [0.1, 0.15) is 21.5 Å². The first-order valence-corrected chi connectivity index (χ1v) is 11.4. The molecule has 3 rings (SSSR count). The van der Waals surface area contributed by atoms with Crippen molar-refractivity contribution in [3.63, 3.8) is 0 Å². The van der Waals surface area contributed by atoms with Crippen LogP contribution in [0.15, 0.2) is 75.2 Å². The molecule has 0 saturated heterocycles. The Bertz CT molecular complexity index is 1260. The minimum Gasteiger partial charge on any atom is -0.487 e. The molecule has 3 aromatic carbocycles. The van der Waals surface area contributed by atoms with Gasteiger partial charge in [0, 0.05) is 5.69 Å². The van der Waals surface area contributed by atoms with Crippen molar-refractivity contribution >= 4 is 55.5 Å². The number of nitrogens with one attached hydrogen (secondary N) is 1. The number of carbonyl (C=O) groups is 2. The highest BCUT2D eigenvalue weighted by Crippen LogP contribution is 2.36. The highest BCUT2D eigenvalue weighted by molar-refractivity contribution is 9.11. The molecule has 0 spiro atoms. The average Bonchev–Trinajstić information content (AvgIpc) is 2.83. The third kappa shape index (κ3) is 6.53. The number of nitrogens with zero attached hydrogens (tertiary/aromatic N) is 1. The van der Waals surface area contributed by atoms with Crippen LogP contribution in [-0.4, -0.2) is 19.0 Å². The van der Waals surface area contributed by atoms with Crippen LogP contribution in [0.4, 0.5) is 10.1 Å². The monoisotopic (exact) mass is 586 g/mol. The SMILES string of the molecule is COC(=O)c1ccc(NC(=O)/C(C#N)=C/c2cc(Br)c(OCc3ccc(F)cc3)c(Br)c2)cc1. The zero-order valence-corrected chi connectivity index (χ0v) is 20.9. The summed E-state index contributed by atoms with van der Waals surface area (Å²) in [7, 11) is 1.28. The van der Waals surface area contributed by atoms with Crippen molar-refractivity contribution in [2.45, 2.75) is 6.61 Å². The molecule has 0 saturated carbocycles. The van der Waals surface area contributed by atoms with E-state index in [4.69, 9.17) is 4.74 Å². The maximum atomic E-state index is 13.1. The largest absolute Gasteiger partial charge is 0.487 e. The zero-order chi connectivity index (χ0) is 24.7. The molecule has 172 valence electrons. The van der Waals surface area contributed by atoms with E-state index in [1.54, 1.807) is 36.4 Å². The Morgan fingerprint density at radius 2 is 1.68 bits per heavy atom. The third-order valence-electron chi connectivity index (χ3n) is 4.56. The number of carbonyl (C=O) groups excluding carboxylic acids is 2. The van der Waals surface area contributed by atoms with Gasteiger partial charge in [-0.25, -0.2) is 9.18 Å². The van der Waals surface area contributed by atoms with E-state index in [9.17, 15) is 19.2 Å². The van der Waals surface area contributed by atoms with Crippen molar-refractivity contribution in [1.29, 1.82) is 5.26 Å². The van der Waals surface area contributed by atoms with Gasteiger partial charge >= 0.3 is 5.97 Å². The fraction of sp³-hybridized carbons (Fsp3) is 0.0800. The molecule has 9 heteroatoms. The van der Waals surface area contributed by atoms with E-state index < -0.39 is 11.9 Å². The molecule has 0 aromatic heterocycles. The van der Waals surface area contributed by atoms with E-state index in [0.29, 0.717) is 31.5 Å². The molecular weight excluding hydrogens is 571 g/mol. The van der Waals surface area contributed by atoms with Crippen molar-refractivity contribution in [3.8, 4) is 11.8 Å². The molecule has 0 aliphatic rings. The van der Waals surface area contributed by atoms with Crippen LogP contribution in [0.2, 0.25) is 0 Å². The number of halogens is 3. The second-order valence-corrected chi connectivity index (χ2v) is 8.63. The summed E-state index contributed by atoms with van der Waals surface area (Å²) in [6.07, 6.45) is 1.44. The normalized spacial score (nSPS) is 10.9. The summed E-state index contributed by atoms with van der Waals surface area (Å²) in [6, 6.07) is 17.4. The molecule has 3 aromatic rings. The number of rotatable bonds is 7. The number of ether oxygens (including phenoxy) is 2. The van der Waals surface area contributed by atoms with Crippen LogP contribution >= 0.6 is 31.9 Å². The first-order valence-electron chi connectivity index (χ1n) is 9.78. The van der Waals surface area contributed by atoms with E-state index in [-0.39, 0.29) is 18.0 Å². The number of nitriles is 1. The molecule has 1 N–H and O–H groups in total. The van der Waals surface area contributed by atoms with Crippen molar-refractivity contribution < 1.29 is 23.5 Å². The van der Waals surface area contributed by atoms with Gasteiger partial charge in [0.15, 0.2) is 0 Å². The Kier molecular flexibility index (Phi) is 8.57. The highest BCUT2D eigenvalue weighted by atomic mass is 79.9. The van der Waals surface area contributed by atoms with Crippen LogP contribution in [0.3, 0.4) is 0 Å². The van der Waals surface area contributed by atoms with Gasteiger partial charge in [0.05, 0.1) is 21.6 Å². The van der Waals surface area contributed by atoms with Crippen LogP contribution in [0.25, 0.3) is 6.08 Å². The molecule has 0 radical (unpaired) electrons. The predicted octanol–water partition coefficient (Wildman–Crippen LogP) is 6.26. The smallest absolute Gasteiger partial charge is 0.337 e. The quantitative estimate of drug-likeness (QED) is 0.200. The number of anilines is 1. The molecule has 0 fully saturated rings. The number of hydrogen-bond acceptors (Lipinski definition) is 5. The van der Waals surface area contributed by atoms with Gasteiger partial charge in [-0.1, -0.05) is 12.1 Å². The van der Waals surface area contributed by atoms with Gasteiger partial charge in [0.2, 0.25) is 0 Å². The minimum atomic E-state index is -0.600. The molecule has 0 aliphatic heterocycles. The third-order valence-corrected chi connectivity index (χ3v) is 5.74. The molecule has 0 unspecified atom stereocenters. The summed E-state index contributed by atoms with van der Waals surface area (Å²) >= 11 is 6.89. The minimum absolute atomic E-state index is 0.115. The van der Waals surface area contributed by atoms with E-state index >= 15 is 0 Å². The van der Waals surface area contributed by atoms with Gasteiger partial charge in [0.25, 0.3) is 5.91 Å². The Morgan fingerprint density at radius 3 is 2.24 bits per heavy atom. The Labute approximate surface area is 212 Å². The van der Waals surface area contributed by atoms with Crippen molar-refractivity contribution in [3.05, 3.63) is 97.7 Å². The second-order valence-electron chi connectivity index (χ2n) is 6.92. The van der Waals surface area contributed by atoms with E-state index in [1.165, 1.54) is 37.5 Å². The van der Waals surface area contributed by atoms with E-state index in [2.05, 4.69) is 41.9 Å². The lowest BCUT2D eigenvalue weighted by Crippen LogP contribution is -2.13. The molecular formula is C25H17Br2FN2O4. The zero-order valence-electron chi connectivity index (χ0n) is 17.8. The second kappa shape index (κ2) is 11.6. The Hall–Kier alpha value is -3.48. The lowest BCUT2D eigenvalue weighted by Gasteiger charge is -2.12. The lowest BCUT2D eigenvalue weighted by molar-refractivity contribution is -0.112. The first kappa shape index (κ1) is 25.1. The number of hydrogen-bond donors (Lipinski definition) is 1. The first-order chi connectivity index (χ1) is 16.3. The van der Waals surface area contributed by atoms with Crippen LogP contribution in [0.5, 0.6) is 5.75 Å². The summed E-state index contributed by atoms with van der Waals surface area (Å²) in [5, 5.41) is 12.1. The number of methoxy groups -OCH3 is 1. The fourth-order valence-corrected chi connectivity index (χ4v) is 4.31. The van der Waals surface area contributed by atoms with Crippen LogP contribution in [0, 0.1) is 17.1 Å². The van der Waals surface area contributed by atoms with Crippen molar-refractivity contribution in [2.75, 3.05) is 12.4 Å². The number of benzene rings is 3. The van der Waals surface area contributed by atoms with Crippen LogP contribution in [-0.2, 0) is 16.1 Å². The van der Waals surface area contributed by atoms with Crippen molar-refractivity contribution in [1.82, 2.24) is 0 Å². The Morgan fingerprint density at radius 1 is 1.06 bits per heavy atom. The summed E-state index contributed by atoms with van der Waals surface area (Å²) in [4.78, 5) is 24.1. The fourth-order valence-electron chi connectivity index (χ4n) is 2.86. The molecule has 0 aliphatic carbocycles. The predicted molar refractivity (Wildman–Crippen MR) is 133 cm³/mol. The van der Waals surface area contributed by atoms with E-state index in [0.717, 1.165) is 5.56 Å². The number of esters is 1. The molecule has 0 bridgehead atoms. The van der Waals surface area contributed by atoms with Gasteiger partial charge in [0.1, 0.15) is 29.8 Å². The van der Waals surface area contributed by atoms with Crippen molar-refractivity contribution in [2.24, 2.45) is 0 Å². The molecule has 34 heavy (non-hydrogen) atoms. The topological polar surface area (TPSA) is 88.4 Å². The molecule has 1 amide bonds. The molecule has 6 nitrogen and oxygen atoms in total. The van der Waals surface area contributed by atoms with Gasteiger partial charge < -0.3 is 14.8 Å².